The number of hydrogen-bond acceptors (Lipinski definition) is 4. The summed E-state index contributed by atoms with van der Waals surface area (Å²) in [6.45, 7) is 4.14. The highest BCUT2D eigenvalue weighted by atomic mass is 16.5. The van der Waals surface area contributed by atoms with Crippen LogP contribution in [0, 0.1) is 0 Å². The zero-order valence-corrected chi connectivity index (χ0v) is 17.6. The van der Waals surface area contributed by atoms with Gasteiger partial charge in [0.05, 0.1) is 25.3 Å². The second-order valence-electron chi connectivity index (χ2n) is 8.21. The first-order valence-electron chi connectivity index (χ1n) is 11.2. The third-order valence-corrected chi connectivity index (χ3v) is 5.96. The molecule has 0 bridgehead atoms. The summed E-state index contributed by atoms with van der Waals surface area (Å²) in [6, 6.07) is 7.74. The Balaban J connectivity index is 1.32. The number of likely N-dealkylation sites (tertiary alicyclic amines) is 1. The van der Waals surface area contributed by atoms with E-state index < -0.39 is 0 Å². The van der Waals surface area contributed by atoms with Crippen molar-refractivity contribution in [1.82, 2.24) is 10.2 Å². The summed E-state index contributed by atoms with van der Waals surface area (Å²) in [5.74, 6) is -0.297. The minimum absolute atomic E-state index is 0.00185. The molecule has 2 aliphatic rings. The summed E-state index contributed by atoms with van der Waals surface area (Å²) in [7, 11) is 0. The molecule has 1 aliphatic heterocycles. The number of amides is 2. The smallest absolute Gasteiger partial charge is 0.243 e. The molecule has 0 aromatic heterocycles. The van der Waals surface area contributed by atoms with Crippen LogP contribution in [-0.2, 0) is 20.7 Å². The molecule has 2 amide bonds. The van der Waals surface area contributed by atoms with Crippen LogP contribution < -0.4 is 10.6 Å². The average molecular weight is 402 g/mol. The minimum Gasteiger partial charge on any atom is -0.375 e. The van der Waals surface area contributed by atoms with E-state index in [1.807, 2.05) is 24.3 Å². The predicted molar refractivity (Wildman–Crippen MR) is 115 cm³/mol. The number of carbonyl (C=O) groups excluding carboxylic acids is 2. The van der Waals surface area contributed by atoms with E-state index in [1.165, 1.54) is 32.1 Å². The van der Waals surface area contributed by atoms with E-state index in [-0.39, 0.29) is 18.4 Å². The van der Waals surface area contributed by atoms with Crippen molar-refractivity contribution in [3.8, 4) is 0 Å². The van der Waals surface area contributed by atoms with E-state index in [0.29, 0.717) is 18.8 Å². The molecule has 0 atom stereocenters. The van der Waals surface area contributed by atoms with Gasteiger partial charge in [-0.25, -0.2) is 0 Å². The van der Waals surface area contributed by atoms with Gasteiger partial charge in [0.2, 0.25) is 11.8 Å². The molecule has 0 spiro atoms. The number of ether oxygens (including phenoxy) is 1. The lowest BCUT2D eigenvalue weighted by molar-refractivity contribution is -0.125. The van der Waals surface area contributed by atoms with Crippen LogP contribution in [0.1, 0.15) is 57.4 Å². The molecule has 1 saturated heterocycles. The second-order valence-corrected chi connectivity index (χ2v) is 8.21. The molecule has 2 fully saturated rings. The zero-order chi connectivity index (χ0) is 20.5. The molecule has 1 aliphatic carbocycles. The normalized spacial score (nSPS) is 19.1. The van der Waals surface area contributed by atoms with Crippen LogP contribution in [0.25, 0.3) is 0 Å². The molecule has 160 valence electrons. The Hall–Kier alpha value is -1.92. The number of piperidine rings is 1. The first-order chi connectivity index (χ1) is 14.1. The van der Waals surface area contributed by atoms with Crippen molar-refractivity contribution in [3.63, 3.8) is 0 Å². The average Bonchev–Trinajstić information content (AvgIpc) is 2.75. The molecule has 0 unspecified atom stereocenters. The van der Waals surface area contributed by atoms with Crippen LogP contribution in [-0.4, -0.2) is 55.1 Å². The number of nitrogens with one attached hydrogen (secondary N) is 2. The number of para-hydroxylation sites is 1. The maximum atomic E-state index is 12.2. The molecule has 6 heteroatoms. The molecule has 0 radical (unpaired) electrons. The van der Waals surface area contributed by atoms with Gasteiger partial charge in [0, 0.05) is 18.8 Å². The van der Waals surface area contributed by atoms with E-state index in [2.05, 4.69) is 22.5 Å². The summed E-state index contributed by atoms with van der Waals surface area (Å²) in [5, 5.41) is 5.62. The minimum atomic E-state index is -0.196. The van der Waals surface area contributed by atoms with Gasteiger partial charge in [-0.05, 0) is 43.7 Å². The van der Waals surface area contributed by atoms with Crippen molar-refractivity contribution in [3.05, 3.63) is 29.8 Å². The van der Waals surface area contributed by atoms with Crippen LogP contribution >= 0.6 is 0 Å². The Morgan fingerprint density at radius 3 is 2.41 bits per heavy atom. The highest BCUT2D eigenvalue weighted by Gasteiger charge is 2.24. The molecule has 1 saturated carbocycles. The monoisotopic (exact) mass is 401 g/mol. The lowest BCUT2D eigenvalue weighted by atomic mass is 9.97. The van der Waals surface area contributed by atoms with Crippen molar-refractivity contribution < 1.29 is 14.3 Å². The van der Waals surface area contributed by atoms with E-state index >= 15 is 0 Å². The first-order valence-corrected chi connectivity index (χ1v) is 11.2. The van der Waals surface area contributed by atoms with Gasteiger partial charge in [-0.2, -0.15) is 0 Å². The fourth-order valence-electron chi connectivity index (χ4n) is 4.26. The molecule has 3 rings (SSSR count). The molecule has 29 heavy (non-hydrogen) atoms. The van der Waals surface area contributed by atoms with Crippen molar-refractivity contribution in [2.24, 2.45) is 0 Å². The van der Waals surface area contributed by atoms with E-state index in [1.54, 1.807) is 0 Å². The number of benzene rings is 1. The number of carbonyl (C=O) groups is 2. The molecule has 1 aromatic rings. The van der Waals surface area contributed by atoms with Crippen LogP contribution in [0.2, 0.25) is 0 Å². The summed E-state index contributed by atoms with van der Waals surface area (Å²) < 4.78 is 6.26. The van der Waals surface area contributed by atoms with Gasteiger partial charge in [0.25, 0.3) is 0 Å². The quantitative estimate of drug-likeness (QED) is 0.702. The van der Waals surface area contributed by atoms with Gasteiger partial charge in [-0.3, -0.25) is 14.5 Å². The van der Waals surface area contributed by atoms with Crippen molar-refractivity contribution in [2.75, 3.05) is 31.5 Å². The Morgan fingerprint density at radius 1 is 1.00 bits per heavy atom. The number of aryl methyl sites for hydroxylation is 1. The standard InChI is InChI=1S/C23H35N3O3/c1-2-18-8-6-7-11-21(18)25-22(27)16-24-23(28)17-26-14-12-20(13-15-26)29-19-9-4-3-5-10-19/h6-8,11,19-20H,2-5,9-10,12-17H2,1H3,(H,24,28)(H,25,27). The van der Waals surface area contributed by atoms with Gasteiger partial charge in [-0.1, -0.05) is 44.4 Å². The van der Waals surface area contributed by atoms with Crippen molar-refractivity contribution in [2.45, 2.75) is 70.5 Å². The Morgan fingerprint density at radius 2 is 1.69 bits per heavy atom. The van der Waals surface area contributed by atoms with E-state index in [4.69, 9.17) is 4.74 Å². The van der Waals surface area contributed by atoms with Crippen LogP contribution in [0.4, 0.5) is 5.69 Å². The predicted octanol–water partition coefficient (Wildman–Crippen LogP) is 3.12. The number of rotatable bonds is 8. The summed E-state index contributed by atoms with van der Waals surface area (Å²) in [4.78, 5) is 26.5. The van der Waals surface area contributed by atoms with Gasteiger partial charge in [0.1, 0.15) is 0 Å². The maximum Gasteiger partial charge on any atom is 0.243 e. The van der Waals surface area contributed by atoms with E-state index in [9.17, 15) is 9.59 Å². The maximum absolute atomic E-state index is 12.2. The summed E-state index contributed by atoms with van der Waals surface area (Å²) >= 11 is 0. The van der Waals surface area contributed by atoms with Crippen LogP contribution in [0.5, 0.6) is 0 Å². The summed E-state index contributed by atoms with van der Waals surface area (Å²) in [6.07, 6.45) is 9.93. The largest absolute Gasteiger partial charge is 0.375 e. The van der Waals surface area contributed by atoms with Crippen molar-refractivity contribution in [1.29, 1.82) is 0 Å². The third-order valence-electron chi connectivity index (χ3n) is 5.96. The van der Waals surface area contributed by atoms with Crippen LogP contribution in [0.3, 0.4) is 0 Å². The molecule has 2 N–H and O–H groups in total. The first kappa shape index (κ1) is 21.8. The highest BCUT2D eigenvalue weighted by Crippen LogP contribution is 2.24. The Kier molecular flexibility index (Phi) is 8.50. The number of nitrogens with zero attached hydrogens (tertiary/aromatic N) is 1. The molecular weight excluding hydrogens is 366 g/mol. The van der Waals surface area contributed by atoms with Gasteiger partial charge >= 0.3 is 0 Å². The molecular formula is C23H35N3O3. The third kappa shape index (κ3) is 7.12. The fourth-order valence-corrected chi connectivity index (χ4v) is 4.26. The highest BCUT2D eigenvalue weighted by molar-refractivity contribution is 5.95. The molecule has 1 aromatic carbocycles. The van der Waals surface area contributed by atoms with Gasteiger partial charge in [-0.15, -0.1) is 0 Å². The second kappa shape index (κ2) is 11.3. The van der Waals surface area contributed by atoms with Crippen molar-refractivity contribution >= 4 is 17.5 Å². The lowest BCUT2D eigenvalue weighted by Crippen LogP contribution is -2.45. The Labute approximate surface area is 174 Å². The number of anilines is 1. The van der Waals surface area contributed by atoms with Gasteiger partial charge in [0.15, 0.2) is 0 Å². The Bertz CT molecular complexity index is 665. The number of hydrogen-bond donors (Lipinski definition) is 2. The lowest BCUT2D eigenvalue weighted by Gasteiger charge is -2.34. The fraction of sp³-hybridized carbons (Fsp3) is 0.652. The van der Waals surface area contributed by atoms with Crippen LogP contribution in [0.15, 0.2) is 24.3 Å². The molecule has 1 heterocycles. The molecule has 6 nitrogen and oxygen atoms in total. The topological polar surface area (TPSA) is 70.7 Å². The summed E-state index contributed by atoms with van der Waals surface area (Å²) in [5.41, 5.74) is 1.90. The van der Waals surface area contributed by atoms with E-state index in [0.717, 1.165) is 43.6 Å². The zero-order valence-electron chi connectivity index (χ0n) is 17.6. The van der Waals surface area contributed by atoms with Gasteiger partial charge < -0.3 is 15.4 Å². The SMILES string of the molecule is CCc1ccccc1NC(=O)CNC(=O)CN1CCC(OC2CCCCC2)CC1.